The van der Waals surface area contributed by atoms with Crippen LogP contribution >= 0.6 is 0 Å². The Morgan fingerprint density at radius 1 is 1.50 bits per heavy atom. The van der Waals surface area contributed by atoms with Crippen LogP contribution in [0.15, 0.2) is 23.4 Å². The molecule has 0 saturated carbocycles. The molecule has 2 aliphatic rings. The summed E-state index contributed by atoms with van der Waals surface area (Å²) in [5.41, 5.74) is -0.236. The third kappa shape index (κ3) is 3.62. The summed E-state index contributed by atoms with van der Waals surface area (Å²) in [7, 11) is 0. The fraction of sp³-hybridized carbons (Fsp3) is 0.643. The number of carbonyl (C=O) groups is 1. The Labute approximate surface area is 116 Å². The molecule has 0 aromatic heterocycles. The third-order valence-corrected chi connectivity index (χ3v) is 3.73. The second kappa shape index (κ2) is 5.99. The lowest BCUT2D eigenvalue weighted by Crippen LogP contribution is -2.40. The van der Waals surface area contributed by atoms with E-state index in [0.717, 1.165) is 25.6 Å². The van der Waals surface area contributed by atoms with Gasteiger partial charge in [0.2, 0.25) is 0 Å². The van der Waals surface area contributed by atoms with Crippen LogP contribution in [-0.2, 0) is 4.79 Å². The summed E-state index contributed by atoms with van der Waals surface area (Å²) in [6.07, 6.45) is 0.685. The van der Waals surface area contributed by atoms with Crippen LogP contribution in [0.2, 0.25) is 0 Å². The van der Waals surface area contributed by atoms with Crippen molar-refractivity contribution in [2.75, 3.05) is 19.6 Å². The van der Waals surface area contributed by atoms with Crippen molar-refractivity contribution in [1.29, 1.82) is 0 Å². The van der Waals surface area contributed by atoms with Gasteiger partial charge in [-0.25, -0.2) is 0 Å². The molecule has 0 aromatic rings. The summed E-state index contributed by atoms with van der Waals surface area (Å²) >= 11 is 0. The molecular weight excluding hydrogens is 269 g/mol. The zero-order chi connectivity index (χ0) is 14.8. The van der Waals surface area contributed by atoms with E-state index in [1.54, 1.807) is 0 Å². The Balaban J connectivity index is 2.07. The first-order valence-electron chi connectivity index (χ1n) is 6.81. The van der Waals surface area contributed by atoms with Gasteiger partial charge >= 0.3 is 6.18 Å². The lowest BCUT2D eigenvalue weighted by Gasteiger charge is -2.32. The van der Waals surface area contributed by atoms with E-state index < -0.39 is 17.8 Å². The SMILES string of the molecule is C[C@H]1CCCN(CC2=CNC(C=O)C(C(F)(F)F)=C2)C1. The number of rotatable bonds is 3. The van der Waals surface area contributed by atoms with E-state index in [9.17, 15) is 18.0 Å². The van der Waals surface area contributed by atoms with E-state index in [2.05, 4.69) is 17.1 Å². The quantitative estimate of drug-likeness (QED) is 0.809. The van der Waals surface area contributed by atoms with Gasteiger partial charge in [0.05, 0.1) is 5.57 Å². The van der Waals surface area contributed by atoms with Crippen molar-refractivity contribution >= 4 is 6.29 Å². The van der Waals surface area contributed by atoms with Crippen molar-refractivity contribution in [3.8, 4) is 0 Å². The largest absolute Gasteiger partial charge is 0.415 e. The molecule has 2 aliphatic heterocycles. The number of halogens is 3. The molecule has 112 valence electrons. The predicted molar refractivity (Wildman–Crippen MR) is 70.0 cm³/mol. The Morgan fingerprint density at radius 3 is 2.85 bits per heavy atom. The highest BCUT2D eigenvalue weighted by molar-refractivity contribution is 5.66. The molecule has 0 aromatic carbocycles. The van der Waals surface area contributed by atoms with Gasteiger partial charge in [0, 0.05) is 19.3 Å². The Hall–Kier alpha value is -1.30. The minimum absolute atomic E-state index is 0.287. The number of hydrogen-bond acceptors (Lipinski definition) is 3. The van der Waals surface area contributed by atoms with Crippen molar-refractivity contribution in [2.24, 2.45) is 5.92 Å². The molecule has 1 fully saturated rings. The molecule has 6 heteroatoms. The zero-order valence-electron chi connectivity index (χ0n) is 11.4. The molecule has 1 N–H and O–H groups in total. The van der Waals surface area contributed by atoms with Gasteiger partial charge in [-0.1, -0.05) is 6.92 Å². The zero-order valence-corrected chi connectivity index (χ0v) is 11.4. The average Bonchev–Trinajstić information content (AvgIpc) is 2.37. The first-order chi connectivity index (χ1) is 9.40. The van der Waals surface area contributed by atoms with Gasteiger partial charge in [0.25, 0.3) is 0 Å². The maximum absolute atomic E-state index is 12.9. The molecule has 3 nitrogen and oxygen atoms in total. The summed E-state index contributed by atoms with van der Waals surface area (Å²) in [6, 6.07) is -1.29. The normalized spacial score (nSPS) is 28.4. The van der Waals surface area contributed by atoms with Crippen LogP contribution in [0.4, 0.5) is 13.2 Å². The van der Waals surface area contributed by atoms with E-state index in [-0.39, 0.29) is 6.29 Å². The van der Waals surface area contributed by atoms with Crippen LogP contribution in [0.5, 0.6) is 0 Å². The number of hydrogen-bond donors (Lipinski definition) is 1. The van der Waals surface area contributed by atoms with E-state index in [0.29, 0.717) is 18.0 Å². The van der Waals surface area contributed by atoms with Crippen molar-refractivity contribution in [3.63, 3.8) is 0 Å². The molecule has 20 heavy (non-hydrogen) atoms. The molecule has 0 aliphatic carbocycles. The predicted octanol–water partition coefficient (Wildman–Crippen LogP) is 2.26. The molecule has 0 amide bonds. The van der Waals surface area contributed by atoms with Gasteiger partial charge in [-0.05, 0) is 37.0 Å². The fourth-order valence-electron chi connectivity index (χ4n) is 2.77. The van der Waals surface area contributed by atoms with Crippen LogP contribution in [-0.4, -0.2) is 43.0 Å². The van der Waals surface area contributed by atoms with Crippen molar-refractivity contribution in [2.45, 2.75) is 32.0 Å². The summed E-state index contributed by atoms with van der Waals surface area (Å²) in [5, 5.41) is 2.53. The van der Waals surface area contributed by atoms with Crippen LogP contribution in [0, 0.1) is 5.92 Å². The summed E-state index contributed by atoms with van der Waals surface area (Å²) in [6.45, 7) is 4.46. The number of nitrogens with one attached hydrogen (secondary N) is 1. The van der Waals surface area contributed by atoms with Gasteiger partial charge in [0.1, 0.15) is 12.3 Å². The minimum atomic E-state index is -4.48. The maximum Gasteiger partial charge on any atom is 0.415 e. The van der Waals surface area contributed by atoms with Crippen molar-refractivity contribution < 1.29 is 18.0 Å². The summed E-state index contributed by atoms with van der Waals surface area (Å²) in [4.78, 5) is 12.9. The van der Waals surface area contributed by atoms with Gasteiger partial charge in [0.15, 0.2) is 0 Å². The number of alkyl halides is 3. The van der Waals surface area contributed by atoms with Crippen LogP contribution in [0.3, 0.4) is 0 Å². The number of nitrogens with zero attached hydrogens (tertiary/aromatic N) is 1. The van der Waals surface area contributed by atoms with E-state index >= 15 is 0 Å². The van der Waals surface area contributed by atoms with E-state index in [4.69, 9.17) is 0 Å². The second-order valence-electron chi connectivity index (χ2n) is 5.58. The first kappa shape index (κ1) is 15.1. The van der Waals surface area contributed by atoms with Crippen LogP contribution < -0.4 is 5.32 Å². The van der Waals surface area contributed by atoms with E-state index in [1.165, 1.54) is 12.6 Å². The fourth-order valence-corrected chi connectivity index (χ4v) is 2.77. The average molecular weight is 288 g/mol. The van der Waals surface area contributed by atoms with Crippen molar-refractivity contribution in [3.05, 3.63) is 23.4 Å². The highest BCUT2D eigenvalue weighted by Gasteiger charge is 2.39. The van der Waals surface area contributed by atoms with Crippen LogP contribution in [0.1, 0.15) is 19.8 Å². The number of piperidine rings is 1. The lowest BCUT2D eigenvalue weighted by molar-refractivity contribution is -0.116. The molecular formula is C14H19F3N2O. The smallest absolute Gasteiger partial charge is 0.378 e. The maximum atomic E-state index is 12.9. The first-order valence-corrected chi connectivity index (χ1v) is 6.81. The Bertz CT molecular complexity index is 429. The third-order valence-electron chi connectivity index (χ3n) is 3.73. The number of carbonyl (C=O) groups excluding carboxylic acids is 1. The highest BCUT2D eigenvalue weighted by Crippen LogP contribution is 2.31. The van der Waals surface area contributed by atoms with Crippen molar-refractivity contribution in [1.82, 2.24) is 10.2 Å². The number of dihydropyridines is 1. The van der Waals surface area contributed by atoms with E-state index in [1.807, 2.05) is 0 Å². The van der Waals surface area contributed by atoms with Gasteiger partial charge in [-0.15, -0.1) is 0 Å². The summed E-state index contributed by atoms with van der Waals surface area (Å²) in [5.74, 6) is 0.578. The minimum Gasteiger partial charge on any atom is -0.378 e. The standard InChI is InChI=1S/C14H19F3N2O/c1-10-3-2-4-19(7-10)8-11-5-12(14(15,16)17)13(9-20)18-6-11/h5-6,9-10,13,18H,2-4,7-8H2,1H3/t10-,13?/m0/s1. The van der Waals surface area contributed by atoms with Gasteiger partial charge in [-0.2, -0.15) is 13.2 Å². The Morgan fingerprint density at radius 2 is 2.25 bits per heavy atom. The topological polar surface area (TPSA) is 32.3 Å². The number of likely N-dealkylation sites (tertiary alicyclic amines) is 1. The van der Waals surface area contributed by atoms with Gasteiger partial charge < -0.3 is 10.1 Å². The lowest BCUT2D eigenvalue weighted by atomic mass is 9.98. The number of aldehydes is 1. The van der Waals surface area contributed by atoms with Gasteiger partial charge in [-0.3, -0.25) is 4.90 Å². The molecule has 0 spiro atoms. The highest BCUT2D eigenvalue weighted by atomic mass is 19.4. The Kier molecular flexibility index (Phi) is 4.52. The second-order valence-corrected chi connectivity index (χ2v) is 5.58. The molecule has 2 atom stereocenters. The molecule has 2 heterocycles. The molecule has 1 saturated heterocycles. The summed E-state index contributed by atoms with van der Waals surface area (Å²) < 4.78 is 38.7. The van der Waals surface area contributed by atoms with Crippen LogP contribution in [0.25, 0.3) is 0 Å². The molecule has 1 unspecified atom stereocenters. The molecule has 0 bridgehead atoms. The molecule has 0 radical (unpaired) electrons. The monoisotopic (exact) mass is 288 g/mol. The molecule has 2 rings (SSSR count).